The predicted octanol–water partition coefficient (Wildman–Crippen LogP) is 6.20. The van der Waals surface area contributed by atoms with Gasteiger partial charge in [-0.2, -0.15) is 4.39 Å². The van der Waals surface area contributed by atoms with Gasteiger partial charge in [0.1, 0.15) is 12.4 Å². The van der Waals surface area contributed by atoms with Crippen LogP contribution >= 0.6 is 0 Å². The Morgan fingerprint density at radius 2 is 1.43 bits per heavy atom. The van der Waals surface area contributed by atoms with Gasteiger partial charge in [0.2, 0.25) is 5.82 Å². The fourth-order valence-electron chi connectivity index (χ4n) is 2.71. The summed E-state index contributed by atoms with van der Waals surface area (Å²) in [6.45, 7) is 3.23. The quantitative estimate of drug-likeness (QED) is 0.467. The standard InChI is InChI=1S/C22H18F4O2/c1-3-27-18-11-10-17(21(25)22(18)26)14-6-8-16(9-7-14)28-12-15-5-4-13(2)19(23)20(15)24/h4-11H,3,12H2,1-2H3. The molecule has 0 heterocycles. The number of benzene rings is 3. The molecule has 146 valence electrons. The Morgan fingerprint density at radius 3 is 2.11 bits per heavy atom. The molecule has 3 rings (SSSR count). The summed E-state index contributed by atoms with van der Waals surface area (Å²) in [5, 5.41) is 0. The Kier molecular flexibility index (Phi) is 5.87. The average Bonchev–Trinajstić information content (AvgIpc) is 2.70. The molecule has 0 aliphatic rings. The summed E-state index contributed by atoms with van der Waals surface area (Å²) in [6.07, 6.45) is 0. The maximum Gasteiger partial charge on any atom is 0.201 e. The highest BCUT2D eigenvalue weighted by Crippen LogP contribution is 2.31. The number of halogens is 4. The van der Waals surface area contributed by atoms with Crippen molar-refractivity contribution < 1.29 is 27.0 Å². The molecule has 0 aliphatic carbocycles. The van der Waals surface area contributed by atoms with Gasteiger partial charge in [0, 0.05) is 11.1 Å². The summed E-state index contributed by atoms with van der Waals surface area (Å²) in [7, 11) is 0. The third-order valence-corrected chi connectivity index (χ3v) is 4.26. The fraction of sp³-hybridized carbons (Fsp3) is 0.182. The average molecular weight is 390 g/mol. The molecule has 0 aliphatic heterocycles. The van der Waals surface area contributed by atoms with Crippen molar-refractivity contribution in [1.82, 2.24) is 0 Å². The smallest absolute Gasteiger partial charge is 0.201 e. The third-order valence-electron chi connectivity index (χ3n) is 4.26. The lowest BCUT2D eigenvalue weighted by molar-refractivity contribution is 0.297. The van der Waals surface area contributed by atoms with Crippen molar-refractivity contribution in [2.24, 2.45) is 0 Å². The maximum atomic E-state index is 14.3. The first-order valence-electron chi connectivity index (χ1n) is 8.69. The van der Waals surface area contributed by atoms with Crippen molar-refractivity contribution in [3.63, 3.8) is 0 Å². The van der Waals surface area contributed by atoms with Crippen molar-refractivity contribution in [2.45, 2.75) is 20.5 Å². The van der Waals surface area contributed by atoms with E-state index in [0.29, 0.717) is 11.3 Å². The van der Waals surface area contributed by atoms with Gasteiger partial charge < -0.3 is 9.47 Å². The van der Waals surface area contributed by atoms with Gasteiger partial charge in [0.25, 0.3) is 0 Å². The van der Waals surface area contributed by atoms with Gasteiger partial charge >= 0.3 is 0 Å². The highest BCUT2D eigenvalue weighted by atomic mass is 19.2. The molecule has 0 amide bonds. The molecule has 0 aromatic heterocycles. The molecule has 0 spiro atoms. The molecule has 3 aromatic rings. The van der Waals surface area contributed by atoms with E-state index >= 15 is 0 Å². The van der Waals surface area contributed by atoms with Crippen LogP contribution in [0, 0.1) is 30.2 Å². The number of rotatable bonds is 6. The van der Waals surface area contributed by atoms with E-state index < -0.39 is 23.3 Å². The van der Waals surface area contributed by atoms with E-state index in [0.717, 1.165) is 0 Å². The molecule has 6 heteroatoms. The van der Waals surface area contributed by atoms with Crippen molar-refractivity contribution in [3.05, 3.63) is 82.9 Å². The molecule has 0 atom stereocenters. The molecule has 0 saturated heterocycles. The lowest BCUT2D eigenvalue weighted by Crippen LogP contribution is -2.02. The molecule has 28 heavy (non-hydrogen) atoms. The summed E-state index contributed by atoms with van der Waals surface area (Å²) in [4.78, 5) is 0. The molecule has 0 bridgehead atoms. The van der Waals surface area contributed by atoms with E-state index in [9.17, 15) is 17.6 Å². The van der Waals surface area contributed by atoms with E-state index in [4.69, 9.17) is 9.47 Å². The molecule has 3 aromatic carbocycles. The lowest BCUT2D eigenvalue weighted by Gasteiger charge is -2.11. The first kappa shape index (κ1) is 19.7. The minimum atomic E-state index is -1.04. The number of ether oxygens (including phenoxy) is 2. The minimum Gasteiger partial charge on any atom is -0.491 e. The fourth-order valence-corrected chi connectivity index (χ4v) is 2.71. The second-order valence-electron chi connectivity index (χ2n) is 6.15. The van der Waals surface area contributed by atoms with Gasteiger partial charge in [-0.15, -0.1) is 0 Å². The number of hydrogen-bond acceptors (Lipinski definition) is 2. The van der Waals surface area contributed by atoms with E-state index in [1.54, 1.807) is 31.2 Å². The van der Waals surface area contributed by atoms with Gasteiger partial charge in [0.05, 0.1) is 6.61 Å². The number of hydrogen-bond donors (Lipinski definition) is 0. The van der Waals surface area contributed by atoms with Gasteiger partial charge in [-0.3, -0.25) is 0 Å². The normalized spacial score (nSPS) is 10.8. The zero-order valence-electron chi connectivity index (χ0n) is 15.4. The molecule has 0 radical (unpaired) electrons. The zero-order valence-corrected chi connectivity index (χ0v) is 15.4. The van der Waals surface area contributed by atoms with Crippen LogP contribution in [0.5, 0.6) is 11.5 Å². The van der Waals surface area contributed by atoms with Crippen molar-refractivity contribution in [3.8, 4) is 22.6 Å². The van der Waals surface area contributed by atoms with E-state index in [-0.39, 0.29) is 35.7 Å². The monoisotopic (exact) mass is 390 g/mol. The maximum absolute atomic E-state index is 14.3. The molecular weight excluding hydrogens is 372 g/mol. The molecular formula is C22H18F4O2. The van der Waals surface area contributed by atoms with Crippen LogP contribution in [0.4, 0.5) is 17.6 Å². The van der Waals surface area contributed by atoms with Crippen molar-refractivity contribution in [2.75, 3.05) is 6.61 Å². The van der Waals surface area contributed by atoms with Crippen LogP contribution in [-0.2, 0) is 6.61 Å². The molecule has 0 unspecified atom stereocenters. The van der Waals surface area contributed by atoms with Gasteiger partial charge in [0.15, 0.2) is 23.2 Å². The molecule has 0 N–H and O–H groups in total. The predicted molar refractivity (Wildman–Crippen MR) is 98.4 cm³/mol. The third kappa shape index (κ3) is 3.96. The lowest BCUT2D eigenvalue weighted by atomic mass is 10.0. The highest BCUT2D eigenvalue weighted by Gasteiger charge is 2.16. The van der Waals surface area contributed by atoms with Crippen LogP contribution in [0.1, 0.15) is 18.1 Å². The largest absolute Gasteiger partial charge is 0.491 e. The van der Waals surface area contributed by atoms with Crippen molar-refractivity contribution in [1.29, 1.82) is 0 Å². The van der Waals surface area contributed by atoms with Crippen LogP contribution in [0.2, 0.25) is 0 Å². The summed E-state index contributed by atoms with van der Waals surface area (Å²) >= 11 is 0. The minimum absolute atomic E-state index is 0.0825. The Balaban J connectivity index is 1.76. The SMILES string of the molecule is CCOc1ccc(-c2ccc(OCc3ccc(C)c(F)c3F)cc2)c(F)c1F. The van der Waals surface area contributed by atoms with E-state index in [2.05, 4.69) is 0 Å². The van der Waals surface area contributed by atoms with E-state index in [1.807, 2.05) is 0 Å². The summed E-state index contributed by atoms with van der Waals surface area (Å²) in [5.74, 6) is -3.65. The summed E-state index contributed by atoms with van der Waals surface area (Å²) in [6, 6.07) is 11.9. The number of aryl methyl sites for hydroxylation is 1. The Labute approximate surface area is 160 Å². The van der Waals surface area contributed by atoms with E-state index in [1.165, 1.54) is 31.2 Å². The Morgan fingerprint density at radius 1 is 0.714 bits per heavy atom. The van der Waals surface area contributed by atoms with Gasteiger partial charge in [-0.25, -0.2) is 13.2 Å². The first-order valence-corrected chi connectivity index (χ1v) is 8.69. The van der Waals surface area contributed by atoms with Crippen LogP contribution in [0.15, 0.2) is 48.5 Å². The van der Waals surface area contributed by atoms with Gasteiger partial charge in [-0.1, -0.05) is 24.3 Å². The first-order chi connectivity index (χ1) is 13.4. The van der Waals surface area contributed by atoms with Crippen LogP contribution in [0.25, 0.3) is 11.1 Å². The Bertz CT molecular complexity index is 985. The molecule has 2 nitrogen and oxygen atoms in total. The molecule has 0 fully saturated rings. The zero-order chi connectivity index (χ0) is 20.3. The summed E-state index contributed by atoms with van der Waals surface area (Å²) in [5.41, 5.74) is 0.834. The topological polar surface area (TPSA) is 18.5 Å². The Hall–Kier alpha value is -3.02. The second-order valence-corrected chi connectivity index (χ2v) is 6.15. The summed E-state index contributed by atoms with van der Waals surface area (Å²) < 4.78 is 66.3. The van der Waals surface area contributed by atoms with Crippen LogP contribution in [-0.4, -0.2) is 6.61 Å². The highest BCUT2D eigenvalue weighted by molar-refractivity contribution is 5.66. The van der Waals surface area contributed by atoms with Gasteiger partial charge in [-0.05, 0) is 49.2 Å². The van der Waals surface area contributed by atoms with Crippen molar-refractivity contribution >= 4 is 0 Å². The van der Waals surface area contributed by atoms with Crippen LogP contribution < -0.4 is 9.47 Å². The van der Waals surface area contributed by atoms with Crippen LogP contribution in [0.3, 0.4) is 0 Å². The molecule has 0 saturated carbocycles. The second kappa shape index (κ2) is 8.33.